The molecule has 7 heteroatoms. The van der Waals surface area contributed by atoms with Gasteiger partial charge < -0.3 is 10.6 Å². The molecule has 5 nitrogen and oxygen atoms in total. The molecule has 1 aromatic carbocycles. The van der Waals surface area contributed by atoms with Crippen molar-refractivity contribution >= 4 is 34.6 Å². The molecule has 1 aliphatic heterocycles. The van der Waals surface area contributed by atoms with Crippen molar-refractivity contribution in [2.75, 3.05) is 18.0 Å². The van der Waals surface area contributed by atoms with Crippen LogP contribution in [0.2, 0.25) is 10.0 Å². The Hall–Kier alpha value is -1.04. The third-order valence-corrected chi connectivity index (χ3v) is 4.75. The van der Waals surface area contributed by atoms with Crippen LogP contribution in [0.25, 0.3) is 0 Å². The lowest BCUT2D eigenvalue weighted by Gasteiger charge is -2.41. The van der Waals surface area contributed by atoms with Crippen LogP contribution in [0.4, 0.5) is 11.4 Å². The fraction of sp³-hybridized carbons (Fsp3) is 0.571. The predicted molar refractivity (Wildman–Crippen MR) is 86.3 cm³/mol. The number of hydrogen-bond acceptors (Lipinski definition) is 4. The second-order valence-electron chi connectivity index (χ2n) is 5.40. The Morgan fingerprint density at radius 2 is 2.05 bits per heavy atom. The Balaban J connectivity index is 2.35. The molecule has 1 fully saturated rings. The summed E-state index contributed by atoms with van der Waals surface area (Å²) >= 11 is 12.5. The SMILES string of the molecule is CCC1CCN(c2c(Cl)cc([N+](=O)[O-])cc2Cl)C(CN)C1. The number of hydrogen-bond donors (Lipinski definition) is 1. The number of piperidine rings is 1. The fourth-order valence-corrected chi connectivity index (χ4v) is 3.65. The Morgan fingerprint density at radius 3 is 2.52 bits per heavy atom. The van der Waals surface area contributed by atoms with Crippen molar-refractivity contribution in [1.82, 2.24) is 0 Å². The van der Waals surface area contributed by atoms with Gasteiger partial charge in [0.25, 0.3) is 5.69 Å². The number of nitrogens with zero attached hydrogens (tertiary/aromatic N) is 2. The van der Waals surface area contributed by atoms with E-state index in [1.807, 2.05) is 0 Å². The summed E-state index contributed by atoms with van der Waals surface area (Å²) in [5, 5.41) is 11.5. The topological polar surface area (TPSA) is 72.4 Å². The molecule has 2 rings (SSSR count). The zero-order valence-corrected chi connectivity index (χ0v) is 13.4. The van der Waals surface area contributed by atoms with Gasteiger partial charge in [-0.05, 0) is 18.8 Å². The zero-order chi connectivity index (χ0) is 15.6. The highest BCUT2D eigenvalue weighted by Crippen LogP contribution is 2.41. The molecule has 1 heterocycles. The van der Waals surface area contributed by atoms with E-state index in [4.69, 9.17) is 28.9 Å². The Bertz CT molecular complexity index is 516. The molecule has 21 heavy (non-hydrogen) atoms. The molecule has 2 unspecified atom stereocenters. The molecule has 0 amide bonds. The minimum Gasteiger partial charge on any atom is -0.365 e. The predicted octanol–water partition coefficient (Wildman–Crippen LogP) is 3.86. The molecule has 2 N–H and O–H groups in total. The van der Waals surface area contributed by atoms with Gasteiger partial charge in [0.1, 0.15) is 0 Å². The van der Waals surface area contributed by atoms with Gasteiger partial charge in [0.05, 0.1) is 20.7 Å². The summed E-state index contributed by atoms with van der Waals surface area (Å²) in [6, 6.07) is 2.87. The van der Waals surface area contributed by atoms with Gasteiger partial charge >= 0.3 is 0 Å². The van der Waals surface area contributed by atoms with Gasteiger partial charge in [-0.15, -0.1) is 0 Å². The van der Waals surface area contributed by atoms with Crippen LogP contribution in [-0.4, -0.2) is 24.1 Å². The molecular weight excluding hydrogens is 313 g/mol. The van der Waals surface area contributed by atoms with Crippen LogP contribution in [0.1, 0.15) is 26.2 Å². The second-order valence-corrected chi connectivity index (χ2v) is 6.21. The highest BCUT2D eigenvalue weighted by molar-refractivity contribution is 6.39. The maximum absolute atomic E-state index is 10.8. The lowest BCUT2D eigenvalue weighted by atomic mass is 9.88. The van der Waals surface area contributed by atoms with Crippen molar-refractivity contribution in [1.29, 1.82) is 0 Å². The molecule has 116 valence electrons. The van der Waals surface area contributed by atoms with E-state index in [9.17, 15) is 10.1 Å². The Morgan fingerprint density at radius 1 is 1.43 bits per heavy atom. The van der Waals surface area contributed by atoms with E-state index >= 15 is 0 Å². The molecule has 1 aromatic rings. The molecule has 1 aliphatic rings. The van der Waals surface area contributed by atoms with Crippen molar-refractivity contribution in [3.05, 3.63) is 32.3 Å². The minimum atomic E-state index is -0.495. The summed E-state index contributed by atoms with van der Waals surface area (Å²) in [5.74, 6) is 0.658. The first-order valence-electron chi connectivity index (χ1n) is 7.08. The van der Waals surface area contributed by atoms with Crippen molar-refractivity contribution in [3.63, 3.8) is 0 Å². The van der Waals surface area contributed by atoms with Gasteiger partial charge in [-0.3, -0.25) is 10.1 Å². The van der Waals surface area contributed by atoms with Crippen LogP contribution in [0.5, 0.6) is 0 Å². The molecule has 2 atom stereocenters. The third-order valence-electron chi connectivity index (χ3n) is 4.17. The maximum atomic E-state index is 10.8. The summed E-state index contributed by atoms with van der Waals surface area (Å²) < 4.78 is 0. The summed E-state index contributed by atoms with van der Waals surface area (Å²) in [6.45, 7) is 3.51. The number of nitro benzene ring substituents is 1. The van der Waals surface area contributed by atoms with E-state index in [1.54, 1.807) is 0 Å². The first kappa shape index (κ1) is 16.3. The van der Waals surface area contributed by atoms with Crippen LogP contribution in [0, 0.1) is 16.0 Å². The number of nitrogens with two attached hydrogens (primary N) is 1. The fourth-order valence-electron chi connectivity index (χ4n) is 2.95. The monoisotopic (exact) mass is 331 g/mol. The van der Waals surface area contributed by atoms with Crippen molar-refractivity contribution in [2.45, 2.75) is 32.2 Å². The first-order valence-corrected chi connectivity index (χ1v) is 7.83. The molecular formula is C14H19Cl2N3O2. The van der Waals surface area contributed by atoms with Crippen molar-refractivity contribution < 1.29 is 4.92 Å². The quantitative estimate of drug-likeness (QED) is 0.671. The van der Waals surface area contributed by atoms with E-state index in [1.165, 1.54) is 12.1 Å². The van der Waals surface area contributed by atoms with E-state index in [2.05, 4.69) is 11.8 Å². The molecule has 0 saturated carbocycles. The average molecular weight is 332 g/mol. The summed E-state index contributed by atoms with van der Waals surface area (Å²) in [5.41, 5.74) is 6.46. The van der Waals surface area contributed by atoms with Crippen LogP contribution in [-0.2, 0) is 0 Å². The average Bonchev–Trinajstić information content (AvgIpc) is 2.46. The van der Waals surface area contributed by atoms with E-state index in [0.29, 0.717) is 28.2 Å². The molecule has 0 radical (unpaired) electrons. The van der Waals surface area contributed by atoms with Gasteiger partial charge in [0.15, 0.2) is 0 Å². The van der Waals surface area contributed by atoms with Crippen LogP contribution < -0.4 is 10.6 Å². The maximum Gasteiger partial charge on any atom is 0.272 e. The molecule has 0 aliphatic carbocycles. The van der Waals surface area contributed by atoms with Crippen molar-refractivity contribution in [3.8, 4) is 0 Å². The van der Waals surface area contributed by atoms with Crippen LogP contribution >= 0.6 is 23.2 Å². The molecule has 1 saturated heterocycles. The summed E-state index contributed by atoms with van der Waals surface area (Å²) in [6.07, 6.45) is 3.18. The van der Waals surface area contributed by atoms with Gasteiger partial charge in [0.2, 0.25) is 0 Å². The first-order chi connectivity index (χ1) is 9.97. The lowest BCUT2D eigenvalue weighted by molar-refractivity contribution is -0.384. The molecule has 0 aromatic heterocycles. The second kappa shape index (κ2) is 6.81. The molecule has 0 bridgehead atoms. The zero-order valence-electron chi connectivity index (χ0n) is 11.9. The van der Waals surface area contributed by atoms with Crippen molar-refractivity contribution in [2.24, 2.45) is 11.7 Å². The Kier molecular flexibility index (Phi) is 5.30. The third kappa shape index (κ3) is 3.42. The van der Waals surface area contributed by atoms with Crippen LogP contribution in [0.3, 0.4) is 0 Å². The Labute approximate surface area is 134 Å². The highest BCUT2D eigenvalue weighted by Gasteiger charge is 2.30. The number of nitro groups is 1. The van der Waals surface area contributed by atoms with Gasteiger partial charge in [0, 0.05) is 31.3 Å². The largest absolute Gasteiger partial charge is 0.365 e. The van der Waals surface area contributed by atoms with Gasteiger partial charge in [-0.2, -0.15) is 0 Å². The van der Waals surface area contributed by atoms with Crippen LogP contribution in [0.15, 0.2) is 12.1 Å². The number of benzene rings is 1. The minimum absolute atomic E-state index is 0.0958. The van der Waals surface area contributed by atoms with E-state index < -0.39 is 4.92 Å². The number of halogens is 2. The van der Waals surface area contributed by atoms with Gasteiger partial charge in [-0.25, -0.2) is 0 Å². The van der Waals surface area contributed by atoms with Gasteiger partial charge in [-0.1, -0.05) is 36.5 Å². The number of rotatable bonds is 4. The summed E-state index contributed by atoms with van der Waals surface area (Å²) in [7, 11) is 0. The number of non-ortho nitro benzene ring substituents is 1. The lowest BCUT2D eigenvalue weighted by Crippen LogP contribution is -2.47. The van der Waals surface area contributed by atoms with E-state index in [0.717, 1.165) is 25.8 Å². The normalized spacial score (nSPS) is 22.4. The summed E-state index contributed by atoms with van der Waals surface area (Å²) in [4.78, 5) is 12.5. The smallest absolute Gasteiger partial charge is 0.272 e. The highest BCUT2D eigenvalue weighted by atomic mass is 35.5. The molecule has 0 spiro atoms. The van der Waals surface area contributed by atoms with E-state index in [-0.39, 0.29) is 11.7 Å². The standard InChI is InChI=1S/C14H19Cl2N3O2/c1-2-9-3-4-18(11(5-9)8-17)14-12(15)6-10(19(20)21)7-13(14)16/h6-7,9,11H,2-5,8,17H2,1H3. The number of anilines is 1.